The molecule has 6 heteroatoms. The first-order chi connectivity index (χ1) is 10.6. The van der Waals surface area contributed by atoms with E-state index >= 15 is 0 Å². The van der Waals surface area contributed by atoms with Crippen molar-refractivity contribution in [1.82, 2.24) is 10.3 Å². The lowest BCUT2D eigenvalue weighted by Crippen LogP contribution is -2.30. The van der Waals surface area contributed by atoms with E-state index in [9.17, 15) is 4.79 Å². The molecule has 0 saturated carbocycles. The van der Waals surface area contributed by atoms with Crippen LogP contribution in [0.2, 0.25) is 5.02 Å². The molecular formula is C16H19ClN4O. The second-order valence-electron chi connectivity index (χ2n) is 5.59. The second-order valence-corrected chi connectivity index (χ2v) is 6.00. The van der Waals surface area contributed by atoms with Crippen LogP contribution in [0, 0.1) is 0 Å². The number of nitrogens with two attached hydrogens (primary N) is 1. The van der Waals surface area contributed by atoms with Gasteiger partial charge < -0.3 is 16.0 Å². The summed E-state index contributed by atoms with van der Waals surface area (Å²) in [6.07, 6.45) is 0.459. The van der Waals surface area contributed by atoms with Crippen LogP contribution in [0.15, 0.2) is 24.3 Å². The average Bonchev–Trinajstić information content (AvgIpc) is 2.71. The van der Waals surface area contributed by atoms with Gasteiger partial charge in [-0.1, -0.05) is 23.7 Å². The molecule has 1 fully saturated rings. The molecule has 1 aromatic heterocycles. The largest absolute Gasteiger partial charge is 0.354 e. The summed E-state index contributed by atoms with van der Waals surface area (Å²) in [6.45, 7) is 3.90. The zero-order chi connectivity index (χ0) is 15.7. The molecule has 2 heterocycles. The van der Waals surface area contributed by atoms with Crippen LogP contribution in [-0.2, 0) is 4.79 Å². The average molecular weight is 319 g/mol. The number of nitrogens with zero attached hydrogens (tertiary/aromatic N) is 2. The van der Waals surface area contributed by atoms with Gasteiger partial charge in [0.25, 0.3) is 0 Å². The third-order valence-corrected chi connectivity index (χ3v) is 4.21. The van der Waals surface area contributed by atoms with E-state index in [0.29, 0.717) is 31.1 Å². The minimum atomic E-state index is -0.141. The van der Waals surface area contributed by atoms with Gasteiger partial charge in [0, 0.05) is 43.0 Å². The van der Waals surface area contributed by atoms with Crippen molar-refractivity contribution in [1.29, 1.82) is 0 Å². The molecule has 3 N–H and O–H groups in total. The SMILES string of the molecule is CC(N)c1cc2cccc(Cl)c2nc1N1CCNC(=O)CC1. The summed E-state index contributed by atoms with van der Waals surface area (Å²) in [6, 6.07) is 7.63. The van der Waals surface area contributed by atoms with E-state index in [0.717, 1.165) is 22.3 Å². The molecule has 1 aromatic carbocycles. The zero-order valence-corrected chi connectivity index (χ0v) is 13.2. The van der Waals surface area contributed by atoms with Crippen LogP contribution in [0.25, 0.3) is 10.9 Å². The fraction of sp³-hybridized carbons (Fsp3) is 0.375. The van der Waals surface area contributed by atoms with E-state index in [-0.39, 0.29) is 11.9 Å². The van der Waals surface area contributed by atoms with Crippen LogP contribution in [-0.4, -0.2) is 30.5 Å². The molecule has 0 radical (unpaired) electrons. The van der Waals surface area contributed by atoms with Crippen LogP contribution in [0.5, 0.6) is 0 Å². The van der Waals surface area contributed by atoms with Crippen molar-refractivity contribution in [3.05, 3.63) is 34.9 Å². The van der Waals surface area contributed by atoms with Gasteiger partial charge in [0.1, 0.15) is 5.82 Å². The Bertz CT molecular complexity index is 717. The summed E-state index contributed by atoms with van der Waals surface area (Å²) in [5.41, 5.74) is 7.88. The molecule has 1 saturated heterocycles. The molecular weight excluding hydrogens is 300 g/mol. The zero-order valence-electron chi connectivity index (χ0n) is 12.5. The van der Waals surface area contributed by atoms with E-state index in [1.54, 1.807) is 0 Å². The number of fused-ring (bicyclic) bond motifs is 1. The summed E-state index contributed by atoms with van der Waals surface area (Å²) in [5, 5.41) is 4.48. The summed E-state index contributed by atoms with van der Waals surface area (Å²) in [5.74, 6) is 0.899. The monoisotopic (exact) mass is 318 g/mol. The topological polar surface area (TPSA) is 71.2 Å². The molecule has 0 aliphatic carbocycles. The van der Waals surface area contributed by atoms with Gasteiger partial charge in [-0.2, -0.15) is 0 Å². The van der Waals surface area contributed by atoms with Crippen LogP contribution < -0.4 is 16.0 Å². The maximum atomic E-state index is 11.5. The quantitative estimate of drug-likeness (QED) is 0.891. The van der Waals surface area contributed by atoms with Crippen LogP contribution in [0.3, 0.4) is 0 Å². The molecule has 1 unspecified atom stereocenters. The number of rotatable bonds is 2. The Morgan fingerprint density at radius 2 is 2.23 bits per heavy atom. The van der Waals surface area contributed by atoms with E-state index in [1.165, 1.54) is 0 Å². The molecule has 1 amide bonds. The molecule has 0 bridgehead atoms. The Labute approximate surface area is 134 Å². The fourth-order valence-corrected chi connectivity index (χ4v) is 2.96. The van der Waals surface area contributed by atoms with Crippen molar-refractivity contribution in [2.75, 3.05) is 24.5 Å². The van der Waals surface area contributed by atoms with E-state index < -0.39 is 0 Å². The van der Waals surface area contributed by atoms with Gasteiger partial charge in [-0.3, -0.25) is 4.79 Å². The number of amides is 1. The first kappa shape index (κ1) is 15.1. The molecule has 1 aliphatic heterocycles. The predicted octanol–water partition coefficient (Wildman–Crippen LogP) is 2.23. The molecule has 22 heavy (non-hydrogen) atoms. The van der Waals surface area contributed by atoms with Gasteiger partial charge in [-0.05, 0) is 19.1 Å². The molecule has 2 aromatic rings. The number of aromatic nitrogens is 1. The highest BCUT2D eigenvalue weighted by molar-refractivity contribution is 6.35. The molecule has 5 nitrogen and oxygen atoms in total. The Balaban J connectivity index is 2.11. The number of hydrogen-bond donors (Lipinski definition) is 2. The summed E-state index contributed by atoms with van der Waals surface area (Å²) < 4.78 is 0. The summed E-state index contributed by atoms with van der Waals surface area (Å²) in [4.78, 5) is 18.4. The Hall–Kier alpha value is -1.85. The van der Waals surface area contributed by atoms with Crippen molar-refractivity contribution in [2.45, 2.75) is 19.4 Å². The number of hydrogen-bond acceptors (Lipinski definition) is 4. The van der Waals surface area contributed by atoms with Gasteiger partial charge in [0.15, 0.2) is 0 Å². The standard InChI is InChI=1S/C16H19ClN4O/c1-10(18)12-9-11-3-2-4-13(17)15(11)20-16(12)21-7-5-14(22)19-6-8-21/h2-4,9-10H,5-8,18H2,1H3,(H,19,22). The van der Waals surface area contributed by atoms with Gasteiger partial charge in [-0.25, -0.2) is 4.98 Å². The van der Waals surface area contributed by atoms with Crippen molar-refractivity contribution >= 4 is 34.2 Å². The Kier molecular flexibility index (Phi) is 4.18. The third kappa shape index (κ3) is 2.87. The minimum Gasteiger partial charge on any atom is -0.354 e. The molecule has 116 valence electrons. The highest BCUT2D eigenvalue weighted by Crippen LogP contribution is 2.31. The van der Waals surface area contributed by atoms with Crippen LogP contribution in [0.1, 0.15) is 24.9 Å². The first-order valence-electron chi connectivity index (χ1n) is 7.42. The number of pyridine rings is 1. The smallest absolute Gasteiger partial charge is 0.221 e. The minimum absolute atomic E-state index is 0.0728. The number of carbonyl (C=O) groups is 1. The normalized spacial score (nSPS) is 17.2. The van der Waals surface area contributed by atoms with Gasteiger partial charge >= 0.3 is 0 Å². The number of para-hydroxylation sites is 1. The molecule has 3 rings (SSSR count). The lowest BCUT2D eigenvalue weighted by atomic mass is 10.1. The summed E-state index contributed by atoms with van der Waals surface area (Å²) >= 11 is 6.28. The van der Waals surface area contributed by atoms with E-state index in [1.807, 2.05) is 31.2 Å². The third-order valence-electron chi connectivity index (χ3n) is 3.91. The van der Waals surface area contributed by atoms with Gasteiger partial charge in [-0.15, -0.1) is 0 Å². The first-order valence-corrected chi connectivity index (χ1v) is 7.80. The molecule has 1 atom stereocenters. The maximum Gasteiger partial charge on any atom is 0.221 e. The molecule has 1 aliphatic rings. The number of anilines is 1. The highest BCUT2D eigenvalue weighted by atomic mass is 35.5. The Morgan fingerprint density at radius 3 is 3.00 bits per heavy atom. The second kappa shape index (κ2) is 6.10. The number of carbonyl (C=O) groups excluding carboxylic acids is 1. The number of halogens is 1. The van der Waals surface area contributed by atoms with Crippen molar-refractivity contribution in [3.8, 4) is 0 Å². The predicted molar refractivity (Wildman–Crippen MR) is 89.2 cm³/mol. The van der Waals surface area contributed by atoms with Gasteiger partial charge in [0.05, 0.1) is 10.5 Å². The van der Waals surface area contributed by atoms with Crippen LogP contribution >= 0.6 is 11.6 Å². The lowest BCUT2D eigenvalue weighted by molar-refractivity contribution is -0.120. The van der Waals surface area contributed by atoms with E-state index in [4.69, 9.17) is 22.3 Å². The molecule has 0 spiro atoms. The van der Waals surface area contributed by atoms with Crippen molar-refractivity contribution in [3.63, 3.8) is 0 Å². The maximum absolute atomic E-state index is 11.5. The van der Waals surface area contributed by atoms with Crippen molar-refractivity contribution < 1.29 is 4.79 Å². The highest BCUT2D eigenvalue weighted by Gasteiger charge is 2.20. The van der Waals surface area contributed by atoms with Crippen molar-refractivity contribution in [2.24, 2.45) is 5.73 Å². The van der Waals surface area contributed by atoms with E-state index in [2.05, 4.69) is 10.2 Å². The van der Waals surface area contributed by atoms with Gasteiger partial charge in [0.2, 0.25) is 5.91 Å². The number of benzene rings is 1. The number of nitrogens with one attached hydrogen (secondary N) is 1. The summed E-state index contributed by atoms with van der Waals surface area (Å²) in [7, 11) is 0. The fourth-order valence-electron chi connectivity index (χ4n) is 2.74. The van der Waals surface area contributed by atoms with Crippen LogP contribution in [0.4, 0.5) is 5.82 Å². The lowest BCUT2D eigenvalue weighted by Gasteiger charge is -2.25. The Morgan fingerprint density at radius 1 is 1.41 bits per heavy atom.